The average molecular weight is 348 g/mol. The van der Waals surface area contributed by atoms with Gasteiger partial charge in [-0.25, -0.2) is 4.98 Å². The fourth-order valence-electron chi connectivity index (χ4n) is 3.79. The van der Waals surface area contributed by atoms with Crippen LogP contribution in [0.15, 0.2) is 12.3 Å². The van der Waals surface area contributed by atoms with Gasteiger partial charge in [0.2, 0.25) is 5.91 Å². The van der Waals surface area contributed by atoms with Gasteiger partial charge in [-0.15, -0.1) is 0 Å². The number of alkyl halides is 3. The lowest BCUT2D eigenvalue weighted by atomic mass is 9.84. The zero-order chi connectivity index (χ0) is 16.8. The number of aromatic nitrogens is 1. The van der Waals surface area contributed by atoms with Crippen LogP contribution in [0.4, 0.5) is 19.0 Å². The second kappa shape index (κ2) is 5.85. The number of fused-ring (bicyclic) bond motifs is 1. The average Bonchev–Trinajstić information content (AvgIpc) is 2.86. The number of carbonyl (C=O) groups excluding carboxylic acids is 1. The molecule has 2 N–H and O–H groups in total. The van der Waals surface area contributed by atoms with Crippen LogP contribution >= 0.6 is 11.6 Å². The number of amides is 1. The molecule has 4 nitrogen and oxygen atoms in total. The number of hydrogen-bond acceptors (Lipinski definition) is 3. The Kier molecular flexibility index (Phi) is 4.16. The van der Waals surface area contributed by atoms with E-state index in [9.17, 15) is 18.0 Å². The van der Waals surface area contributed by atoms with E-state index in [1.807, 2.05) is 0 Å². The molecule has 1 aromatic rings. The fraction of sp³-hybridized carbons (Fsp3) is 0.600. The van der Waals surface area contributed by atoms with Crippen molar-refractivity contribution in [1.82, 2.24) is 4.98 Å². The number of nitrogens with zero attached hydrogens (tertiary/aromatic N) is 2. The summed E-state index contributed by atoms with van der Waals surface area (Å²) in [6.07, 6.45) is 0.831. The van der Waals surface area contributed by atoms with E-state index in [1.54, 1.807) is 4.90 Å². The molecule has 3 atom stereocenters. The molecule has 1 aliphatic carbocycles. The first-order valence-corrected chi connectivity index (χ1v) is 7.97. The monoisotopic (exact) mass is 347 g/mol. The molecule has 1 aromatic heterocycles. The van der Waals surface area contributed by atoms with Crippen LogP contribution in [-0.4, -0.2) is 23.0 Å². The molecule has 0 bridgehead atoms. The quantitative estimate of drug-likeness (QED) is 0.892. The largest absolute Gasteiger partial charge is 0.417 e. The normalized spacial score (nSPS) is 27.8. The molecule has 1 saturated heterocycles. The van der Waals surface area contributed by atoms with Crippen molar-refractivity contribution in [3.8, 4) is 0 Å². The topological polar surface area (TPSA) is 59.2 Å². The maximum Gasteiger partial charge on any atom is 0.417 e. The molecule has 126 valence electrons. The van der Waals surface area contributed by atoms with E-state index in [4.69, 9.17) is 17.3 Å². The maximum atomic E-state index is 12.8. The van der Waals surface area contributed by atoms with Crippen molar-refractivity contribution < 1.29 is 18.0 Å². The summed E-state index contributed by atoms with van der Waals surface area (Å²) in [7, 11) is 0. The van der Waals surface area contributed by atoms with Crippen LogP contribution in [0.5, 0.6) is 0 Å². The summed E-state index contributed by atoms with van der Waals surface area (Å²) in [5, 5.41) is -0.0997. The zero-order valence-corrected chi connectivity index (χ0v) is 13.1. The second-order valence-electron chi connectivity index (χ2n) is 6.20. The van der Waals surface area contributed by atoms with E-state index in [0.717, 1.165) is 37.9 Å². The van der Waals surface area contributed by atoms with Gasteiger partial charge in [-0.05, 0) is 31.2 Å². The molecule has 3 rings (SSSR count). The number of nitrogens with two attached hydrogens (primary N) is 1. The molecular formula is C15H17ClF3N3O. The predicted octanol–water partition coefficient (Wildman–Crippen LogP) is 3.38. The number of hydrogen-bond donors (Lipinski definition) is 1. The predicted molar refractivity (Wildman–Crippen MR) is 80.1 cm³/mol. The molecule has 0 aromatic carbocycles. The van der Waals surface area contributed by atoms with Crippen molar-refractivity contribution in [2.24, 2.45) is 11.7 Å². The highest BCUT2D eigenvalue weighted by Crippen LogP contribution is 2.44. The summed E-state index contributed by atoms with van der Waals surface area (Å²) < 4.78 is 38.3. The first kappa shape index (κ1) is 16.4. The van der Waals surface area contributed by atoms with E-state index in [2.05, 4.69) is 4.98 Å². The highest BCUT2D eigenvalue weighted by molar-refractivity contribution is 6.33. The highest BCUT2D eigenvalue weighted by atomic mass is 35.5. The summed E-state index contributed by atoms with van der Waals surface area (Å²) >= 11 is 6.06. The van der Waals surface area contributed by atoms with Crippen LogP contribution in [0.3, 0.4) is 0 Å². The molecule has 0 radical (unpaired) electrons. The van der Waals surface area contributed by atoms with Gasteiger partial charge in [0, 0.05) is 12.2 Å². The smallest absolute Gasteiger partial charge is 0.368 e. The van der Waals surface area contributed by atoms with Gasteiger partial charge in [-0.3, -0.25) is 4.79 Å². The highest BCUT2D eigenvalue weighted by Gasteiger charge is 2.46. The molecule has 2 fully saturated rings. The third kappa shape index (κ3) is 2.98. The van der Waals surface area contributed by atoms with Gasteiger partial charge in [0.25, 0.3) is 0 Å². The molecule has 23 heavy (non-hydrogen) atoms. The Bertz CT molecular complexity index is 622. The Hall–Kier alpha value is -1.50. The summed E-state index contributed by atoms with van der Waals surface area (Å²) in [6.45, 7) is 0. The zero-order valence-electron chi connectivity index (χ0n) is 12.3. The van der Waals surface area contributed by atoms with E-state index in [0.29, 0.717) is 12.3 Å². The minimum atomic E-state index is -4.50. The number of primary amides is 1. The minimum absolute atomic E-state index is 0.0583. The summed E-state index contributed by atoms with van der Waals surface area (Å²) in [5.41, 5.74) is 4.60. The van der Waals surface area contributed by atoms with Crippen molar-refractivity contribution in [2.75, 3.05) is 4.90 Å². The summed E-state index contributed by atoms with van der Waals surface area (Å²) in [4.78, 5) is 17.5. The minimum Gasteiger partial charge on any atom is -0.368 e. The van der Waals surface area contributed by atoms with Crippen molar-refractivity contribution in [2.45, 2.75) is 50.4 Å². The molecular weight excluding hydrogens is 331 g/mol. The van der Waals surface area contributed by atoms with Crippen LogP contribution < -0.4 is 10.6 Å². The van der Waals surface area contributed by atoms with Crippen LogP contribution in [0.1, 0.15) is 37.7 Å². The molecule has 2 aliphatic rings. The van der Waals surface area contributed by atoms with Crippen LogP contribution in [0.2, 0.25) is 5.02 Å². The van der Waals surface area contributed by atoms with Crippen molar-refractivity contribution >= 4 is 23.3 Å². The van der Waals surface area contributed by atoms with E-state index in [-0.39, 0.29) is 16.9 Å². The first-order chi connectivity index (χ1) is 10.8. The van der Waals surface area contributed by atoms with Crippen molar-refractivity contribution in [3.05, 3.63) is 22.8 Å². The van der Waals surface area contributed by atoms with Crippen molar-refractivity contribution in [1.29, 1.82) is 0 Å². The molecule has 1 saturated carbocycles. The van der Waals surface area contributed by atoms with E-state index >= 15 is 0 Å². The SMILES string of the molecule is NC(=O)[C@@H]1C[C@@H]2CCCC[C@H]2N1c1ncc(C(F)(F)F)cc1Cl. The van der Waals surface area contributed by atoms with Gasteiger partial charge in [-0.1, -0.05) is 24.4 Å². The first-order valence-electron chi connectivity index (χ1n) is 7.59. The molecule has 8 heteroatoms. The third-order valence-electron chi connectivity index (χ3n) is 4.81. The number of anilines is 1. The molecule has 1 amide bonds. The number of pyridine rings is 1. The van der Waals surface area contributed by atoms with Crippen molar-refractivity contribution in [3.63, 3.8) is 0 Å². The lowest BCUT2D eigenvalue weighted by molar-refractivity contribution is -0.137. The van der Waals surface area contributed by atoms with Gasteiger partial charge in [0.1, 0.15) is 11.9 Å². The van der Waals surface area contributed by atoms with Gasteiger partial charge in [-0.2, -0.15) is 13.2 Å². The van der Waals surface area contributed by atoms with E-state index < -0.39 is 23.7 Å². The van der Waals surface area contributed by atoms with Crippen LogP contribution in [0.25, 0.3) is 0 Å². The fourth-order valence-corrected chi connectivity index (χ4v) is 4.06. The molecule has 2 heterocycles. The number of carbonyl (C=O) groups is 1. The Balaban J connectivity index is 1.99. The summed E-state index contributed by atoms with van der Waals surface area (Å²) in [6, 6.07) is 0.353. The number of rotatable bonds is 2. The summed E-state index contributed by atoms with van der Waals surface area (Å²) in [5.74, 6) is 0.0384. The Labute approximate surface area is 136 Å². The van der Waals surface area contributed by atoms with Crippen LogP contribution in [0, 0.1) is 5.92 Å². The standard InChI is InChI=1S/C15H17ClF3N3O/c16-10-6-9(15(17,18)19)7-21-14(10)22-11-4-2-1-3-8(11)5-12(22)13(20)23/h6-8,11-12H,1-5H2,(H2,20,23)/t8-,11+,12-/m0/s1. The van der Waals surface area contributed by atoms with Gasteiger partial charge < -0.3 is 10.6 Å². The Morgan fingerprint density at radius 3 is 2.65 bits per heavy atom. The second-order valence-corrected chi connectivity index (χ2v) is 6.61. The van der Waals surface area contributed by atoms with Gasteiger partial charge in [0.05, 0.1) is 10.6 Å². The third-order valence-corrected chi connectivity index (χ3v) is 5.09. The van der Waals surface area contributed by atoms with Gasteiger partial charge in [0.15, 0.2) is 0 Å². The molecule has 0 spiro atoms. The van der Waals surface area contributed by atoms with Gasteiger partial charge >= 0.3 is 6.18 Å². The Morgan fingerprint density at radius 1 is 1.35 bits per heavy atom. The maximum absolute atomic E-state index is 12.8. The van der Waals surface area contributed by atoms with Crippen LogP contribution in [-0.2, 0) is 11.0 Å². The lowest BCUT2D eigenvalue weighted by Gasteiger charge is -2.34. The van der Waals surface area contributed by atoms with E-state index in [1.165, 1.54) is 0 Å². The molecule has 0 unspecified atom stereocenters. The lowest BCUT2D eigenvalue weighted by Crippen LogP contribution is -2.45. The molecule has 1 aliphatic heterocycles. The number of halogens is 4. The Morgan fingerprint density at radius 2 is 2.04 bits per heavy atom.